The van der Waals surface area contributed by atoms with Crippen LogP contribution >= 0.6 is 11.6 Å². The minimum Gasteiger partial charge on any atom is -0.495 e. The molecule has 8 heteroatoms. The van der Waals surface area contributed by atoms with Gasteiger partial charge >= 0.3 is 0 Å². The highest BCUT2D eigenvalue weighted by Crippen LogP contribution is 2.33. The molecule has 0 radical (unpaired) electrons. The lowest BCUT2D eigenvalue weighted by molar-refractivity contribution is 0.415. The van der Waals surface area contributed by atoms with Crippen LogP contribution < -0.4 is 25.2 Å². The summed E-state index contributed by atoms with van der Waals surface area (Å²) in [4.78, 5) is 13.6. The molecule has 2 saturated heterocycles. The van der Waals surface area contributed by atoms with E-state index in [0.29, 0.717) is 12.6 Å². The van der Waals surface area contributed by atoms with Gasteiger partial charge in [-0.25, -0.2) is 4.98 Å². The molecular formula is C23H31ClN6O. The Labute approximate surface area is 189 Å². The minimum atomic E-state index is 0.299. The van der Waals surface area contributed by atoms with Crippen LogP contribution in [0.4, 0.5) is 11.5 Å². The largest absolute Gasteiger partial charge is 0.495 e. The highest BCUT2D eigenvalue weighted by molar-refractivity contribution is 6.30. The van der Waals surface area contributed by atoms with Crippen LogP contribution in [0.1, 0.15) is 24.8 Å². The van der Waals surface area contributed by atoms with Gasteiger partial charge in [0.15, 0.2) is 5.96 Å². The van der Waals surface area contributed by atoms with E-state index in [0.717, 1.165) is 60.8 Å². The number of pyridine rings is 1. The average molecular weight is 443 g/mol. The van der Waals surface area contributed by atoms with Crippen LogP contribution in [0.25, 0.3) is 0 Å². The topological polar surface area (TPSA) is 65.0 Å². The second-order valence-electron chi connectivity index (χ2n) is 8.03. The van der Waals surface area contributed by atoms with Gasteiger partial charge in [-0.05, 0) is 55.2 Å². The predicted octanol–water partition coefficient (Wildman–Crippen LogP) is 3.29. The molecule has 1 unspecified atom stereocenters. The van der Waals surface area contributed by atoms with Crippen molar-refractivity contribution in [1.82, 2.24) is 15.6 Å². The van der Waals surface area contributed by atoms with Gasteiger partial charge in [-0.15, -0.1) is 0 Å². The molecule has 2 aromatic rings. The number of guanidine groups is 1. The molecule has 4 rings (SSSR count). The van der Waals surface area contributed by atoms with E-state index in [1.54, 1.807) is 7.11 Å². The van der Waals surface area contributed by atoms with E-state index in [4.69, 9.17) is 16.3 Å². The molecule has 166 valence electrons. The predicted molar refractivity (Wildman–Crippen MR) is 128 cm³/mol. The average Bonchev–Trinajstić information content (AvgIpc) is 3.49. The maximum Gasteiger partial charge on any atom is 0.191 e. The van der Waals surface area contributed by atoms with E-state index in [1.165, 1.54) is 18.4 Å². The van der Waals surface area contributed by atoms with Crippen LogP contribution in [0.5, 0.6) is 5.75 Å². The smallest absolute Gasteiger partial charge is 0.191 e. The first-order valence-corrected chi connectivity index (χ1v) is 11.3. The first-order chi connectivity index (χ1) is 15.2. The number of rotatable bonds is 6. The summed E-state index contributed by atoms with van der Waals surface area (Å²) in [5.74, 6) is 2.73. The standard InChI is InChI=1S/C23H31ClN6O/c1-25-23(27-15-17-7-9-26-22(13-17)29-10-3-4-11-29)28-19-8-12-30(16-19)20-14-18(24)5-6-21(20)31-2/h5-7,9,13-14,19H,3-4,8,10-12,15-16H2,1-2H3,(H2,25,27,28). The van der Waals surface area contributed by atoms with Crippen molar-refractivity contribution >= 4 is 29.1 Å². The summed E-state index contributed by atoms with van der Waals surface area (Å²) in [6.45, 7) is 4.72. The second-order valence-corrected chi connectivity index (χ2v) is 8.47. The van der Waals surface area contributed by atoms with Crippen molar-refractivity contribution in [2.45, 2.75) is 31.8 Å². The number of aromatic nitrogens is 1. The molecule has 0 amide bonds. The second kappa shape index (κ2) is 10.1. The molecular weight excluding hydrogens is 412 g/mol. The lowest BCUT2D eigenvalue weighted by Gasteiger charge is -2.22. The minimum absolute atomic E-state index is 0.299. The fourth-order valence-electron chi connectivity index (χ4n) is 4.27. The number of halogens is 1. The Morgan fingerprint density at radius 1 is 1.19 bits per heavy atom. The Bertz CT molecular complexity index is 915. The zero-order valence-electron chi connectivity index (χ0n) is 18.3. The highest BCUT2D eigenvalue weighted by atomic mass is 35.5. The maximum absolute atomic E-state index is 6.21. The Morgan fingerprint density at radius 3 is 2.81 bits per heavy atom. The van der Waals surface area contributed by atoms with Crippen LogP contribution in [-0.2, 0) is 6.54 Å². The van der Waals surface area contributed by atoms with Crippen molar-refractivity contribution in [1.29, 1.82) is 0 Å². The van der Waals surface area contributed by atoms with Crippen molar-refractivity contribution in [2.75, 3.05) is 50.1 Å². The molecule has 1 atom stereocenters. The summed E-state index contributed by atoms with van der Waals surface area (Å²) in [6, 6.07) is 10.3. The number of ether oxygens (including phenoxy) is 1. The zero-order chi connectivity index (χ0) is 21.6. The summed E-state index contributed by atoms with van der Waals surface area (Å²) in [7, 11) is 3.50. The Hall–Kier alpha value is -2.67. The molecule has 7 nitrogen and oxygen atoms in total. The van der Waals surface area contributed by atoms with Crippen LogP contribution in [-0.4, -0.2) is 57.3 Å². The van der Waals surface area contributed by atoms with Crippen LogP contribution in [0.3, 0.4) is 0 Å². The van der Waals surface area contributed by atoms with Crippen LogP contribution in [0.2, 0.25) is 5.02 Å². The fraction of sp³-hybridized carbons (Fsp3) is 0.478. The summed E-state index contributed by atoms with van der Waals surface area (Å²) in [5, 5.41) is 7.72. The van der Waals surface area contributed by atoms with Crippen molar-refractivity contribution in [2.24, 2.45) is 4.99 Å². The fourth-order valence-corrected chi connectivity index (χ4v) is 4.44. The SMILES string of the molecule is CN=C(NCc1ccnc(N2CCCC2)c1)NC1CCN(c2cc(Cl)ccc2OC)C1. The molecule has 2 N–H and O–H groups in total. The van der Waals surface area contributed by atoms with Gasteiger partial charge in [0.1, 0.15) is 11.6 Å². The van der Waals surface area contributed by atoms with E-state index >= 15 is 0 Å². The van der Waals surface area contributed by atoms with Gasteiger partial charge in [-0.2, -0.15) is 0 Å². The number of hydrogen-bond acceptors (Lipinski definition) is 5. The van der Waals surface area contributed by atoms with E-state index in [9.17, 15) is 0 Å². The number of benzene rings is 1. The quantitative estimate of drug-likeness (QED) is 0.528. The molecule has 2 fully saturated rings. The van der Waals surface area contributed by atoms with Gasteiger partial charge in [-0.3, -0.25) is 4.99 Å². The number of aliphatic imine (C=N–C) groups is 1. The lowest BCUT2D eigenvalue weighted by Crippen LogP contribution is -2.44. The number of anilines is 2. The number of nitrogens with one attached hydrogen (secondary N) is 2. The third kappa shape index (κ3) is 5.34. The molecule has 1 aromatic heterocycles. The number of nitrogens with zero attached hydrogens (tertiary/aromatic N) is 4. The molecule has 0 bridgehead atoms. The first kappa shape index (κ1) is 21.6. The Balaban J connectivity index is 1.32. The molecule has 3 heterocycles. The Kier molecular flexibility index (Phi) is 7.02. The summed E-state index contributed by atoms with van der Waals surface area (Å²) < 4.78 is 5.52. The van der Waals surface area contributed by atoms with Crippen LogP contribution in [0.15, 0.2) is 41.5 Å². The third-order valence-corrected chi connectivity index (χ3v) is 6.17. The molecule has 1 aromatic carbocycles. The highest BCUT2D eigenvalue weighted by Gasteiger charge is 2.25. The van der Waals surface area contributed by atoms with Crippen LogP contribution in [0, 0.1) is 0 Å². The van der Waals surface area contributed by atoms with Crippen molar-refractivity contribution < 1.29 is 4.74 Å². The van der Waals surface area contributed by atoms with E-state index in [2.05, 4.69) is 42.5 Å². The monoisotopic (exact) mass is 442 g/mol. The molecule has 0 saturated carbocycles. The molecule has 0 aliphatic carbocycles. The number of methoxy groups -OCH3 is 1. The van der Waals surface area contributed by atoms with E-state index in [-0.39, 0.29) is 0 Å². The van der Waals surface area contributed by atoms with Gasteiger partial charge in [0, 0.05) is 57.0 Å². The molecule has 2 aliphatic heterocycles. The van der Waals surface area contributed by atoms with E-state index in [1.807, 2.05) is 31.4 Å². The molecule has 31 heavy (non-hydrogen) atoms. The zero-order valence-corrected chi connectivity index (χ0v) is 19.0. The Morgan fingerprint density at radius 2 is 2.03 bits per heavy atom. The van der Waals surface area contributed by atoms with Crippen molar-refractivity contribution in [3.8, 4) is 5.75 Å². The lowest BCUT2D eigenvalue weighted by atomic mass is 10.2. The third-order valence-electron chi connectivity index (χ3n) is 5.93. The first-order valence-electron chi connectivity index (χ1n) is 10.9. The van der Waals surface area contributed by atoms with Crippen molar-refractivity contribution in [3.63, 3.8) is 0 Å². The molecule has 2 aliphatic rings. The summed E-state index contributed by atoms with van der Waals surface area (Å²) >= 11 is 6.21. The number of hydrogen-bond donors (Lipinski definition) is 2. The normalized spacial score (nSPS) is 19.1. The maximum atomic E-state index is 6.21. The van der Waals surface area contributed by atoms with E-state index < -0.39 is 0 Å². The van der Waals surface area contributed by atoms with Gasteiger partial charge in [0.25, 0.3) is 0 Å². The van der Waals surface area contributed by atoms with Gasteiger partial charge in [0.2, 0.25) is 0 Å². The molecule has 0 spiro atoms. The summed E-state index contributed by atoms with van der Waals surface area (Å²) in [6.07, 6.45) is 5.42. The van der Waals surface area contributed by atoms with Gasteiger partial charge in [-0.1, -0.05) is 11.6 Å². The van der Waals surface area contributed by atoms with Crippen molar-refractivity contribution in [3.05, 3.63) is 47.1 Å². The van der Waals surface area contributed by atoms with Gasteiger partial charge in [0.05, 0.1) is 12.8 Å². The summed E-state index contributed by atoms with van der Waals surface area (Å²) in [5.41, 5.74) is 2.24. The van der Waals surface area contributed by atoms with Gasteiger partial charge < -0.3 is 25.2 Å².